The topological polar surface area (TPSA) is 93.7 Å². The van der Waals surface area contributed by atoms with Crippen molar-refractivity contribution in [2.45, 2.75) is 39.2 Å². The van der Waals surface area contributed by atoms with Crippen LogP contribution in [0.1, 0.15) is 38.7 Å². The monoisotopic (exact) mass is 360 g/mol. The number of rotatable bonds is 7. The molecule has 2 rings (SSSR count). The summed E-state index contributed by atoms with van der Waals surface area (Å²) in [6, 6.07) is 8.35. The van der Waals surface area contributed by atoms with E-state index < -0.39 is 29.9 Å². The van der Waals surface area contributed by atoms with Gasteiger partial charge in [-0.1, -0.05) is 37.3 Å². The Labute approximate surface area is 152 Å². The summed E-state index contributed by atoms with van der Waals surface area (Å²) in [4.78, 5) is 36.4. The summed E-state index contributed by atoms with van der Waals surface area (Å²) in [6.07, 6.45) is 0.580. The molecule has 140 valence electrons. The van der Waals surface area contributed by atoms with Gasteiger partial charge in [-0.05, 0) is 25.8 Å². The van der Waals surface area contributed by atoms with Crippen LogP contribution in [0, 0.1) is 0 Å². The van der Waals surface area contributed by atoms with E-state index in [0.717, 1.165) is 5.56 Å². The third-order valence-electron chi connectivity index (χ3n) is 4.12. The normalized spacial score (nSPS) is 17.8. The van der Waals surface area contributed by atoms with E-state index in [2.05, 4.69) is 10.6 Å². The molecule has 0 fully saturated rings. The molecular formula is C19H24N2O5. The minimum atomic E-state index is -0.548. The lowest BCUT2D eigenvalue weighted by Gasteiger charge is -2.26. The van der Waals surface area contributed by atoms with Crippen LogP contribution in [0.5, 0.6) is 0 Å². The van der Waals surface area contributed by atoms with Gasteiger partial charge in [0.1, 0.15) is 6.61 Å². The van der Waals surface area contributed by atoms with Crippen LogP contribution >= 0.6 is 0 Å². The smallest absolute Gasteiger partial charge is 0.338 e. The van der Waals surface area contributed by atoms with Gasteiger partial charge in [0, 0.05) is 0 Å². The van der Waals surface area contributed by atoms with Crippen molar-refractivity contribution in [3.63, 3.8) is 0 Å². The maximum atomic E-state index is 12.5. The molecule has 2 atom stereocenters. The van der Waals surface area contributed by atoms with Crippen molar-refractivity contribution < 1.29 is 23.9 Å². The third-order valence-corrected chi connectivity index (χ3v) is 4.12. The highest BCUT2D eigenvalue weighted by Crippen LogP contribution is 2.22. The molecule has 1 aliphatic heterocycles. The number of carbonyl (C=O) groups is 3. The molecule has 1 aromatic rings. The number of carbonyl (C=O) groups excluding carboxylic acids is 3. The van der Waals surface area contributed by atoms with E-state index in [4.69, 9.17) is 9.47 Å². The first-order valence-electron chi connectivity index (χ1n) is 8.67. The van der Waals surface area contributed by atoms with Gasteiger partial charge in [-0.15, -0.1) is 0 Å². The molecule has 2 amide bonds. The maximum Gasteiger partial charge on any atom is 0.338 e. The van der Waals surface area contributed by atoms with Crippen LogP contribution in [-0.4, -0.2) is 37.2 Å². The second kappa shape index (κ2) is 9.03. The van der Waals surface area contributed by atoms with Crippen LogP contribution in [0.3, 0.4) is 0 Å². The zero-order valence-corrected chi connectivity index (χ0v) is 15.2. The van der Waals surface area contributed by atoms with Gasteiger partial charge in [-0.3, -0.25) is 4.79 Å². The van der Waals surface area contributed by atoms with Gasteiger partial charge in [0.05, 0.1) is 29.8 Å². The van der Waals surface area contributed by atoms with E-state index >= 15 is 0 Å². The van der Waals surface area contributed by atoms with Gasteiger partial charge in [0.2, 0.25) is 0 Å². The van der Waals surface area contributed by atoms with Gasteiger partial charge < -0.3 is 20.1 Å². The Balaban J connectivity index is 2.15. The number of esters is 2. The van der Waals surface area contributed by atoms with Crippen LogP contribution < -0.4 is 10.6 Å². The first-order valence-corrected chi connectivity index (χ1v) is 8.67. The molecule has 0 saturated carbocycles. The lowest BCUT2D eigenvalue weighted by molar-refractivity contribution is -0.145. The highest BCUT2D eigenvalue weighted by Gasteiger charge is 2.31. The maximum absolute atomic E-state index is 12.5. The largest absolute Gasteiger partial charge is 0.463 e. The van der Waals surface area contributed by atoms with E-state index in [1.54, 1.807) is 13.8 Å². The summed E-state index contributed by atoms with van der Waals surface area (Å²) in [6.45, 7) is 5.28. The van der Waals surface area contributed by atoms with Crippen molar-refractivity contribution in [1.29, 1.82) is 0 Å². The molecule has 0 bridgehead atoms. The molecule has 1 aliphatic rings. The summed E-state index contributed by atoms with van der Waals surface area (Å²) in [5.41, 5.74) is 1.37. The Bertz CT molecular complexity index is 699. The van der Waals surface area contributed by atoms with Gasteiger partial charge in [0.15, 0.2) is 0 Å². The molecule has 0 aromatic heterocycles. The minimum Gasteiger partial charge on any atom is -0.463 e. The van der Waals surface area contributed by atoms with Crippen molar-refractivity contribution in [2.24, 2.45) is 0 Å². The zero-order chi connectivity index (χ0) is 19.1. The summed E-state index contributed by atoms with van der Waals surface area (Å²) in [7, 11) is 0. The summed E-state index contributed by atoms with van der Waals surface area (Å²) in [5.74, 6) is -1.36. The Morgan fingerprint density at radius 2 is 1.85 bits per heavy atom. The molecule has 0 saturated heterocycles. The van der Waals surface area contributed by atoms with Crippen LogP contribution in [0.25, 0.3) is 0 Å². The van der Waals surface area contributed by atoms with E-state index in [0.29, 0.717) is 6.42 Å². The molecule has 0 spiro atoms. The Kier molecular flexibility index (Phi) is 6.77. The Hall–Kier alpha value is -2.83. The van der Waals surface area contributed by atoms with Crippen molar-refractivity contribution in [3.8, 4) is 0 Å². The van der Waals surface area contributed by atoms with Crippen LogP contribution in [-0.2, 0) is 19.1 Å². The van der Waals surface area contributed by atoms with Crippen molar-refractivity contribution in [1.82, 2.24) is 10.6 Å². The standard InChI is InChI=1S/C19H24N2O5/c1-4-14(13-9-7-6-8-10-13)17(22)26-11-15-16(18(23)25-5-2)12(3)20-19(24)21-15/h6-10,12,14H,4-5,11H2,1-3H3,(H2,20,21,24)/t12-,14-/m1/s1. The number of urea groups is 1. The third kappa shape index (κ3) is 4.62. The molecule has 0 radical (unpaired) electrons. The number of benzene rings is 1. The first kappa shape index (κ1) is 19.5. The van der Waals surface area contributed by atoms with E-state index in [9.17, 15) is 14.4 Å². The highest BCUT2D eigenvalue weighted by atomic mass is 16.5. The van der Waals surface area contributed by atoms with E-state index in [1.807, 2.05) is 37.3 Å². The molecule has 1 aromatic carbocycles. The SMILES string of the molecule is CCOC(=O)C1=C(COC(=O)[C@H](CC)c2ccccc2)NC(=O)N[C@@H]1C. The number of hydrogen-bond acceptors (Lipinski definition) is 5. The predicted octanol–water partition coefficient (Wildman–Crippen LogP) is 2.24. The quantitative estimate of drug-likeness (QED) is 0.728. The average Bonchev–Trinajstić information content (AvgIpc) is 2.61. The Morgan fingerprint density at radius 1 is 1.15 bits per heavy atom. The fraction of sp³-hybridized carbons (Fsp3) is 0.421. The summed E-state index contributed by atoms with van der Waals surface area (Å²) in [5, 5.41) is 5.14. The predicted molar refractivity (Wildman–Crippen MR) is 95.2 cm³/mol. The molecule has 0 unspecified atom stereocenters. The van der Waals surface area contributed by atoms with Crippen molar-refractivity contribution in [2.75, 3.05) is 13.2 Å². The van der Waals surface area contributed by atoms with Gasteiger partial charge >= 0.3 is 18.0 Å². The molecule has 0 aliphatic carbocycles. The van der Waals surface area contributed by atoms with Gasteiger partial charge in [-0.25, -0.2) is 9.59 Å². The van der Waals surface area contributed by atoms with Crippen molar-refractivity contribution >= 4 is 18.0 Å². The number of ether oxygens (including phenoxy) is 2. The van der Waals surface area contributed by atoms with Gasteiger partial charge in [0.25, 0.3) is 0 Å². The van der Waals surface area contributed by atoms with Crippen molar-refractivity contribution in [3.05, 3.63) is 47.2 Å². The molecule has 26 heavy (non-hydrogen) atoms. The molecule has 2 N–H and O–H groups in total. The minimum absolute atomic E-state index is 0.200. The molecule has 1 heterocycles. The van der Waals surface area contributed by atoms with Gasteiger partial charge in [-0.2, -0.15) is 0 Å². The fourth-order valence-electron chi connectivity index (χ4n) is 2.86. The van der Waals surface area contributed by atoms with E-state index in [-0.39, 0.29) is 24.5 Å². The number of hydrogen-bond donors (Lipinski definition) is 2. The second-order valence-electron chi connectivity index (χ2n) is 5.91. The highest BCUT2D eigenvalue weighted by molar-refractivity contribution is 5.94. The Morgan fingerprint density at radius 3 is 2.46 bits per heavy atom. The number of amides is 2. The lowest BCUT2D eigenvalue weighted by Crippen LogP contribution is -2.50. The zero-order valence-electron chi connectivity index (χ0n) is 15.2. The van der Waals surface area contributed by atoms with E-state index in [1.165, 1.54) is 0 Å². The first-order chi connectivity index (χ1) is 12.5. The van der Waals surface area contributed by atoms with Crippen LogP contribution in [0.4, 0.5) is 4.79 Å². The lowest BCUT2D eigenvalue weighted by atomic mass is 9.97. The second-order valence-corrected chi connectivity index (χ2v) is 5.91. The number of nitrogens with one attached hydrogen (secondary N) is 2. The molecular weight excluding hydrogens is 336 g/mol. The molecule has 7 heteroatoms. The summed E-state index contributed by atoms with van der Waals surface area (Å²) >= 11 is 0. The van der Waals surface area contributed by atoms with Crippen LogP contribution in [0.2, 0.25) is 0 Å². The summed E-state index contributed by atoms with van der Waals surface area (Å²) < 4.78 is 10.4. The van der Waals surface area contributed by atoms with Crippen LogP contribution in [0.15, 0.2) is 41.6 Å². The molecule has 7 nitrogen and oxygen atoms in total. The fourth-order valence-corrected chi connectivity index (χ4v) is 2.86. The average molecular weight is 360 g/mol.